The Balaban J connectivity index is 2.06. The summed E-state index contributed by atoms with van der Waals surface area (Å²) in [7, 11) is 1.79. The van der Waals surface area contributed by atoms with Gasteiger partial charge in [-0.2, -0.15) is 26.3 Å². The van der Waals surface area contributed by atoms with Crippen molar-refractivity contribution in [1.82, 2.24) is 15.0 Å². The Kier molecular flexibility index (Phi) is 2.60. The van der Waals surface area contributed by atoms with E-state index in [0.29, 0.717) is 0 Å². The van der Waals surface area contributed by atoms with Crippen molar-refractivity contribution in [2.75, 3.05) is 0 Å². The van der Waals surface area contributed by atoms with E-state index in [1.54, 1.807) is 24.6 Å². The van der Waals surface area contributed by atoms with E-state index in [1.807, 2.05) is 0 Å². The Morgan fingerprint density at radius 3 is 3.07 bits per heavy atom. The van der Waals surface area contributed by atoms with E-state index in [0.717, 1.165) is 12.1 Å². The molecule has 2 aromatic heterocycles. The van der Waals surface area contributed by atoms with Gasteiger partial charge >= 0.3 is 0 Å². The molecule has 5 heteroatoms. The van der Waals surface area contributed by atoms with Crippen molar-refractivity contribution < 1.29 is 0 Å². The predicted octanol–water partition coefficient (Wildman–Crippen LogP) is 1.12. The molecule has 2 rings (SSSR count). The first kappa shape index (κ1) is 9.36. The summed E-state index contributed by atoms with van der Waals surface area (Å²) in [6.45, 7) is 0. The predicted molar refractivity (Wildman–Crippen MR) is 56.0 cm³/mol. The Hall–Kier alpha value is -1.20. The van der Waals surface area contributed by atoms with Crippen LogP contribution >= 0.6 is 11.3 Å². The topological polar surface area (TPSA) is 56.7 Å². The lowest BCUT2D eigenvalue weighted by Crippen LogP contribution is -2.13. The molecule has 0 aliphatic rings. The molecule has 0 fully saturated rings. The van der Waals surface area contributed by atoms with Crippen LogP contribution in [-0.4, -0.2) is 15.0 Å². The Morgan fingerprint density at radius 1 is 1.64 bits per heavy atom. The van der Waals surface area contributed by atoms with E-state index in [2.05, 4.69) is 27.0 Å². The molecular formula is C9H12N4S. The molecule has 0 radical (unpaired) electrons. The zero-order valence-corrected chi connectivity index (χ0v) is 8.74. The van der Waals surface area contributed by atoms with Crippen LogP contribution in [-0.2, 0) is 13.5 Å². The molecule has 1 atom stereocenters. The highest BCUT2D eigenvalue weighted by atomic mass is 32.1. The third-order valence-electron chi connectivity index (χ3n) is 2.03. The Labute approximate surface area is 86.4 Å². The maximum Gasteiger partial charge on any atom is 0.0997 e. The maximum atomic E-state index is 5.99. The smallest absolute Gasteiger partial charge is 0.0997 e. The number of rotatable bonds is 3. The van der Waals surface area contributed by atoms with E-state index >= 15 is 0 Å². The summed E-state index contributed by atoms with van der Waals surface area (Å²) in [4.78, 5) is 1.53. The number of hydrogen-bond donors (Lipinski definition) is 1. The Bertz CT molecular complexity index is 393. The first-order valence-electron chi connectivity index (χ1n) is 4.38. The highest BCUT2D eigenvalue weighted by Gasteiger charge is 2.10. The van der Waals surface area contributed by atoms with Crippen LogP contribution in [0, 0.1) is 0 Å². The molecule has 0 aliphatic heterocycles. The first-order chi connectivity index (χ1) is 6.75. The van der Waals surface area contributed by atoms with Crippen LogP contribution in [0.5, 0.6) is 0 Å². The van der Waals surface area contributed by atoms with Gasteiger partial charge in [-0.1, -0.05) is 0 Å². The van der Waals surface area contributed by atoms with E-state index in [9.17, 15) is 0 Å². The number of hydrogen-bond acceptors (Lipinski definition) is 4. The van der Waals surface area contributed by atoms with Gasteiger partial charge in [0.15, 0.2) is 0 Å². The van der Waals surface area contributed by atoms with Crippen LogP contribution in [0.2, 0.25) is 0 Å². The normalized spacial score (nSPS) is 13.0. The molecule has 0 aromatic carbocycles. The molecule has 0 amide bonds. The minimum Gasteiger partial charge on any atom is -0.322 e. The van der Waals surface area contributed by atoms with Crippen molar-refractivity contribution in [3.63, 3.8) is 0 Å². The van der Waals surface area contributed by atoms with E-state index in [-0.39, 0.29) is 6.04 Å². The number of aromatic nitrogens is 3. The van der Waals surface area contributed by atoms with Crippen LogP contribution in [0.1, 0.15) is 17.3 Å². The standard InChI is InChI=1S/C9H12N4S/c1-13-11-5-9(12-13)8(10)4-7-2-3-14-6-7/h2-3,5-6,8H,4,10H2,1H3. The second-order valence-corrected chi connectivity index (χ2v) is 3.98. The van der Waals surface area contributed by atoms with Gasteiger partial charge in [0, 0.05) is 7.05 Å². The molecule has 14 heavy (non-hydrogen) atoms. The fraction of sp³-hybridized carbons (Fsp3) is 0.333. The second kappa shape index (κ2) is 3.89. The minimum atomic E-state index is -0.0571. The molecule has 74 valence electrons. The molecule has 0 bridgehead atoms. The summed E-state index contributed by atoms with van der Waals surface area (Å²) in [6.07, 6.45) is 2.54. The summed E-state index contributed by atoms with van der Waals surface area (Å²) in [6, 6.07) is 2.03. The molecule has 4 nitrogen and oxygen atoms in total. The largest absolute Gasteiger partial charge is 0.322 e. The number of thiophene rings is 1. The van der Waals surface area contributed by atoms with Crippen LogP contribution < -0.4 is 5.73 Å². The third kappa shape index (κ3) is 2.00. The average Bonchev–Trinajstić information content (AvgIpc) is 2.75. The van der Waals surface area contributed by atoms with Gasteiger partial charge in [0.2, 0.25) is 0 Å². The monoisotopic (exact) mass is 208 g/mol. The average molecular weight is 208 g/mol. The van der Waals surface area contributed by atoms with Crippen molar-refractivity contribution in [2.45, 2.75) is 12.5 Å². The molecule has 2 aromatic rings. The molecule has 0 aliphatic carbocycles. The van der Waals surface area contributed by atoms with E-state index in [4.69, 9.17) is 5.73 Å². The quantitative estimate of drug-likeness (QED) is 0.822. The highest BCUT2D eigenvalue weighted by Crippen LogP contribution is 2.15. The number of nitrogens with two attached hydrogens (primary N) is 1. The molecule has 2 heterocycles. The van der Waals surface area contributed by atoms with Gasteiger partial charge in [-0.3, -0.25) is 0 Å². The SMILES string of the molecule is Cn1ncc(C(N)Cc2ccsc2)n1. The number of aryl methyl sites for hydroxylation is 1. The van der Waals surface area contributed by atoms with Crippen LogP contribution in [0.3, 0.4) is 0 Å². The minimum absolute atomic E-state index is 0.0571. The van der Waals surface area contributed by atoms with E-state index in [1.165, 1.54) is 10.4 Å². The highest BCUT2D eigenvalue weighted by molar-refractivity contribution is 7.07. The third-order valence-corrected chi connectivity index (χ3v) is 2.76. The molecule has 0 spiro atoms. The summed E-state index contributed by atoms with van der Waals surface area (Å²) in [5.41, 5.74) is 8.09. The van der Waals surface area contributed by atoms with E-state index < -0.39 is 0 Å². The zero-order chi connectivity index (χ0) is 9.97. The van der Waals surface area contributed by atoms with Crippen molar-refractivity contribution in [1.29, 1.82) is 0 Å². The lowest BCUT2D eigenvalue weighted by molar-refractivity contribution is 0.619. The van der Waals surface area contributed by atoms with Crippen LogP contribution in [0.15, 0.2) is 23.0 Å². The first-order valence-corrected chi connectivity index (χ1v) is 5.33. The summed E-state index contributed by atoms with van der Waals surface area (Å²) < 4.78 is 0. The summed E-state index contributed by atoms with van der Waals surface area (Å²) in [5, 5.41) is 12.3. The number of nitrogens with zero attached hydrogens (tertiary/aromatic N) is 3. The molecule has 0 saturated carbocycles. The van der Waals surface area contributed by atoms with Gasteiger partial charge in [-0.25, -0.2) is 0 Å². The van der Waals surface area contributed by atoms with Gasteiger partial charge in [0.1, 0.15) is 0 Å². The molecular weight excluding hydrogens is 196 g/mol. The van der Waals surface area contributed by atoms with Crippen molar-refractivity contribution in [3.8, 4) is 0 Å². The van der Waals surface area contributed by atoms with Crippen LogP contribution in [0.4, 0.5) is 0 Å². The lowest BCUT2D eigenvalue weighted by Gasteiger charge is -2.05. The molecule has 2 N–H and O–H groups in total. The van der Waals surface area contributed by atoms with Crippen molar-refractivity contribution in [2.24, 2.45) is 12.8 Å². The maximum absolute atomic E-state index is 5.99. The van der Waals surface area contributed by atoms with Gasteiger partial charge in [0.05, 0.1) is 17.9 Å². The van der Waals surface area contributed by atoms with Gasteiger partial charge in [-0.05, 0) is 28.8 Å². The fourth-order valence-corrected chi connectivity index (χ4v) is 1.98. The van der Waals surface area contributed by atoms with Crippen LogP contribution in [0.25, 0.3) is 0 Å². The molecule has 1 unspecified atom stereocenters. The summed E-state index contributed by atoms with van der Waals surface area (Å²) in [5.74, 6) is 0. The Morgan fingerprint density at radius 2 is 2.50 bits per heavy atom. The van der Waals surface area contributed by atoms with Gasteiger partial charge < -0.3 is 5.73 Å². The summed E-state index contributed by atoms with van der Waals surface area (Å²) >= 11 is 1.69. The van der Waals surface area contributed by atoms with Crippen molar-refractivity contribution >= 4 is 11.3 Å². The van der Waals surface area contributed by atoms with Gasteiger partial charge in [-0.15, -0.1) is 0 Å². The lowest BCUT2D eigenvalue weighted by atomic mass is 10.1. The van der Waals surface area contributed by atoms with Crippen molar-refractivity contribution in [3.05, 3.63) is 34.3 Å². The fourth-order valence-electron chi connectivity index (χ4n) is 1.30. The molecule has 0 saturated heterocycles. The van der Waals surface area contributed by atoms with Gasteiger partial charge in [0.25, 0.3) is 0 Å². The zero-order valence-electron chi connectivity index (χ0n) is 7.92. The second-order valence-electron chi connectivity index (χ2n) is 3.20.